The molecule has 0 spiro atoms. The normalized spacial score (nSPS) is 16.5. The first-order valence-electron chi connectivity index (χ1n) is 9.07. The van der Waals surface area contributed by atoms with Crippen molar-refractivity contribution in [2.75, 3.05) is 4.90 Å². The highest BCUT2D eigenvalue weighted by molar-refractivity contribution is 6.23. The average Bonchev–Trinajstić information content (AvgIpc) is 2.96. The fourth-order valence-electron chi connectivity index (χ4n) is 3.24. The highest BCUT2D eigenvalue weighted by atomic mass is 19.1. The molecule has 0 aliphatic carbocycles. The number of nitrogens with zero attached hydrogens (tertiary/aromatic N) is 2. The highest BCUT2D eigenvalue weighted by Crippen LogP contribution is 2.27. The molecule has 1 fully saturated rings. The minimum Gasteiger partial charge on any atom is -0.326 e. The third-order valence-electron chi connectivity index (χ3n) is 4.63. The Bertz CT molecular complexity index is 882. The number of halogens is 2. The molecule has 3 rings (SSSR count). The molecule has 1 heterocycles. The molecule has 0 bridgehead atoms. The predicted octanol–water partition coefficient (Wildman–Crippen LogP) is 3.43. The van der Waals surface area contributed by atoms with E-state index in [1.807, 2.05) is 6.92 Å². The van der Waals surface area contributed by atoms with E-state index in [1.54, 1.807) is 12.1 Å². The summed E-state index contributed by atoms with van der Waals surface area (Å²) in [4.78, 5) is 40.5. The van der Waals surface area contributed by atoms with Crippen LogP contribution in [0.4, 0.5) is 14.5 Å². The molecule has 0 radical (unpaired) electrons. The number of anilines is 1. The molecule has 0 aromatic heterocycles. The Morgan fingerprint density at radius 3 is 2.18 bits per heavy atom. The largest absolute Gasteiger partial charge is 0.326 e. The van der Waals surface area contributed by atoms with Crippen LogP contribution in [0.5, 0.6) is 0 Å². The zero-order chi connectivity index (χ0) is 20.3. The van der Waals surface area contributed by atoms with Crippen LogP contribution < -0.4 is 4.90 Å². The van der Waals surface area contributed by atoms with E-state index in [4.69, 9.17) is 0 Å². The molecule has 5 nitrogen and oxygen atoms in total. The molecule has 2 aromatic carbocycles. The van der Waals surface area contributed by atoms with E-state index in [0.29, 0.717) is 12.0 Å². The molecular weight excluding hydrogens is 366 g/mol. The lowest BCUT2D eigenvalue weighted by Gasteiger charge is -2.28. The molecule has 2 aromatic rings. The SMILES string of the molecule is CCCC(=O)N(Cc1ccc(F)cc1)C1CC(=O)N(c2ccc(F)cc2)C1=O. The molecule has 3 amide bonds. The van der Waals surface area contributed by atoms with Gasteiger partial charge in [-0.15, -0.1) is 0 Å². The fraction of sp³-hybridized carbons (Fsp3) is 0.286. The van der Waals surface area contributed by atoms with E-state index in [9.17, 15) is 23.2 Å². The van der Waals surface area contributed by atoms with Crippen LogP contribution in [-0.4, -0.2) is 28.7 Å². The molecule has 1 unspecified atom stereocenters. The zero-order valence-electron chi connectivity index (χ0n) is 15.4. The van der Waals surface area contributed by atoms with E-state index in [0.717, 1.165) is 4.90 Å². The van der Waals surface area contributed by atoms with Gasteiger partial charge in [0.2, 0.25) is 11.8 Å². The van der Waals surface area contributed by atoms with Crippen LogP contribution in [0.15, 0.2) is 48.5 Å². The Morgan fingerprint density at radius 1 is 1.04 bits per heavy atom. The Hall–Kier alpha value is -3.09. The summed E-state index contributed by atoms with van der Waals surface area (Å²) in [6.07, 6.45) is 0.678. The first-order chi connectivity index (χ1) is 13.4. The van der Waals surface area contributed by atoms with Crippen molar-refractivity contribution >= 4 is 23.4 Å². The van der Waals surface area contributed by atoms with Crippen LogP contribution in [0.25, 0.3) is 0 Å². The molecule has 28 heavy (non-hydrogen) atoms. The minimum atomic E-state index is -0.943. The van der Waals surface area contributed by atoms with Gasteiger partial charge in [-0.3, -0.25) is 14.4 Å². The molecule has 1 atom stereocenters. The number of carbonyl (C=O) groups is 3. The number of imide groups is 1. The Morgan fingerprint density at radius 2 is 1.61 bits per heavy atom. The van der Waals surface area contributed by atoms with Crippen LogP contribution in [0.2, 0.25) is 0 Å². The number of amides is 3. The maximum atomic E-state index is 13.2. The zero-order valence-corrected chi connectivity index (χ0v) is 15.4. The maximum Gasteiger partial charge on any atom is 0.257 e. The third-order valence-corrected chi connectivity index (χ3v) is 4.63. The average molecular weight is 386 g/mol. The van der Waals surface area contributed by atoms with E-state index in [2.05, 4.69) is 0 Å². The predicted molar refractivity (Wildman–Crippen MR) is 99.2 cm³/mol. The molecule has 1 aliphatic heterocycles. The number of benzene rings is 2. The standard InChI is InChI=1S/C21H20F2N2O3/c1-2-3-19(26)24(13-14-4-6-15(22)7-5-14)18-12-20(27)25(21(18)28)17-10-8-16(23)9-11-17/h4-11,18H,2-3,12-13H2,1H3. The summed E-state index contributed by atoms with van der Waals surface area (Å²) in [5.41, 5.74) is 0.926. The summed E-state index contributed by atoms with van der Waals surface area (Å²) < 4.78 is 26.3. The second-order valence-electron chi connectivity index (χ2n) is 6.66. The first kappa shape index (κ1) is 19.7. The van der Waals surface area contributed by atoms with Crippen molar-refractivity contribution in [1.29, 1.82) is 0 Å². The minimum absolute atomic E-state index is 0.0973. The first-order valence-corrected chi connectivity index (χ1v) is 9.07. The van der Waals surface area contributed by atoms with Crippen LogP contribution in [0.1, 0.15) is 31.7 Å². The molecule has 0 N–H and O–H groups in total. The van der Waals surface area contributed by atoms with Gasteiger partial charge in [0, 0.05) is 13.0 Å². The van der Waals surface area contributed by atoms with Crippen molar-refractivity contribution in [2.45, 2.75) is 38.8 Å². The summed E-state index contributed by atoms with van der Waals surface area (Å²) in [5.74, 6) is -2.10. The van der Waals surface area contributed by atoms with Crippen molar-refractivity contribution in [3.05, 3.63) is 65.7 Å². The third kappa shape index (κ3) is 4.08. The Kier molecular flexibility index (Phi) is 5.82. The van der Waals surface area contributed by atoms with Gasteiger partial charge in [0.15, 0.2) is 0 Å². The summed E-state index contributed by atoms with van der Waals surface area (Å²) in [7, 11) is 0. The summed E-state index contributed by atoms with van der Waals surface area (Å²) in [6.45, 7) is 1.94. The summed E-state index contributed by atoms with van der Waals surface area (Å²) >= 11 is 0. The lowest BCUT2D eigenvalue weighted by atomic mass is 10.1. The van der Waals surface area contributed by atoms with Crippen molar-refractivity contribution in [1.82, 2.24) is 4.90 Å². The molecule has 1 aliphatic rings. The van der Waals surface area contributed by atoms with Crippen LogP contribution in [0, 0.1) is 11.6 Å². The van der Waals surface area contributed by atoms with E-state index in [-0.39, 0.29) is 31.0 Å². The van der Waals surface area contributed by atoms with Gasteiger partial charge in [-0.2, -0.15) is 0 Å². The topological polar surface area (TPSA) is 57.7 Å². The van der Waals surface area contributed by atoms with Crippen molar-refractivity contribution in [2.24, 2.45) is 0 Å². The number of rotatable bonds is 6. The van der Waals surface area contributed by atoms with Gasteiger partial charge >= 0.3 is 0 Å². The van der Waals surface area contributed by atoms with Crippen LogP contribution in [0.3, 0.4) is 0 Å². The van der Waals surface area contributed by atoms with Crippen molar-refractivity contribution < 1.29 is 23.2 Å². The van der Waals surface area contributed by atoms with Crippen LogP contribution >= 0.6 is 0 Å². The van der Waals surface area contributed by atoms with Gasteiger partial charge < -0.3 is 4.90 Å². The van der Waals surface area contributed by atoms with Crippen molar-refractivity contribution in [3.63, 3.8) is 0 Å². The van der Waals surface area contributed by atoms with Gasteiger partial charge in [0.25, 0.3) is 5.91 Å². The second-order valence-corrected chi connectivity index (χ2v) is 6.66. The molecule has 1 saturated heterocycles. The van der Waals surface area contributed by atoms with E-state index < -0.39 is 29.5 Å². The van der Waals surface area contributed by atoms with Gasteiger partial charge in [0.05, 0.1) is 12.1 Å². The number of carbonyl (C=O) groups excluding carboxylic acids is 3. The Labute approximate surface area is 161 Å². The quantitative estimate of drug-likeness (QED) is 0.715. The molecular formula is C21H20F2N2O3. The van der Waals surface area contributed by atoms with Gasteiger partial charge in [-0.25, -0.2) is 13.7 Å². The smallest absolute Gasteiger partial charge is 0.257 e. The van der Waals surface area contributed by atoms with E-state index >= 15 is 0 Å². The monoisotopic (exact) mass is 386 g/mol. The van der Waals surface area contributed by atoms with Crippen molar-refractivity contribution in [3.8, 4) is 0 Å². The second kappa shape index (κ2) is 8.29. The van der Waals surface area contributed by atoms with Gasteiger partial charge in [-0.05, 0) is 48.4 Å². The van der Waals surface area contributed by atoms with Crippen LogP contribution in [-0.2, 0) is 20.9 Å². The molecule has 7 heteroatoms. The lowest BCUT2D eigenvalue weighted by molar-refractivity contribution is -0.139. The maximum absolute atomic E-state index is 13.2. The van der Waals surface area contributed by atoms with Gasteiger partial charge in [0.1, 0.15) is 17.7 Å². The Balaban J connectivity index is 1.88. The molecule has 0 saturated carbocycles. The summed E-state index contributed by atoms with van der Waals surface area (Å²) in [6, 6.07) is 9.75. The fourth-order valence-corrected chi connectivity index (χ4v) is 3.24. The number of hydrogen-bond donors (Lipinski definition) is 0. The molecule has 146 valence electrons. The number of hydrogen-bond acceptors (Lipinski definition) is 3. The van der Waals surface area contributed by atoms with E-state index in [1.165, 1.54) is 41.3 Å². The van der Waals surface area contributed by atoms with Gasteiger partial charge in [-0.1, -0.05) is 19.1 Å². The highest BCUT2D eigenvalue weighted by Gasteiger charge is 2.44. The lowest BCUT2D eigenvalue weighted by Crippen LogP contribution is -2.45. The summed E-state index contributed by atoms with van der Waals surface area (Å²) in [5, 5.41) is 0.